The van der Waals surface area contributed by atoms with Crippen molar-refractivity contribution in [3.05, 3.63) is 35.9 Å². The Hall–Kier alpha value is -1.96. The van der Waals surface area contributed by atoms with Gasteiger partial charge in [-0.15, -0.1) is 0 Å². The molecule has 0 radical (unpaired) electrons. The second kappa shape index (κ2) is 9.03. The topological polar surface area (TPSA) is 101 Å². The van der Waals surface area contributed by atoms with E-state index in [1.54, 1.807) is 12.1 Å². The molecule has 5 nitrogen and oxygen atoms in total. The number of hydrogen-bond donors (Lipinski definition) is 1. The highest BCUT2D eigenvalue weighted by Gasteiger charge is 2.37. The van der Waals surface area contributed by atoms with E-state index in [1.165, 1.54) is 4.90 Å². The van der Waals surface area contributed by atoms with Crippen molar-refractivity contribution < 1.29 is 31.2 Å². The molecule has 0 aromatic heterocycles. The van der Waals surface area contributed by atoms with Crippen molar-refractivity contribution in [1.82, 2.24) is 0 Å². The summed E-state index contributed by atoms with van der Waals surface area (Å²) in [6.07, 6.45) is 0. The molecule has 0 heterocycles. The normalized spacial score (nSPS) is 12.2. The van der Waals surface area contributed by atoms with Crippen LogP contribution in [-0.2, 0) is 21.0 Å². The van der Waals surface area contributed by atoms with Crippen LogP contribution < -0.4 is 0 Å². The lowest BCUT2D eigenvalue weighted by Gasteiger charge is -2.17. The largest absolute Gasteiger partial charge is 0.741 e. The summed E-state index contributed by atoms with van der Waals surface area (Å²) < 4.78 is 58.9. The van der Waals surface area contributed by atoms with Crippen LogP contribution in [0.3, 0.4) is 0 Å². The summed E-state index contributed by atoms with van der Waals surface area (Å²) >= 11 is 0. The van der Waals surface area contributed by atoms with Gasteiger partial charge < -0.3 is 9.66 Å². The quantitative estimate of drug-likeness (QED) is 0.441. The van der Waals surface area contributed by atoms with Crippen LogP contribution in [0.2, 0.25) is 0 Å². The average Bonchev–Trinajstić information content (AvgIpc) is 2.53. The Balaban J connectivity index is 0.000000416. The van der Waals surface area contributed by atoms with Crippen LogP contribution in [0.15, 0.2) is 35.2 Å². The number of hydrogen-bond acceptors (Lipinski definition) is 5. The summed E-state index contributed by atoms with van der Waals surface area (Å²) in [6.45, 7) is 8.93. The van der Waals surface area contributed by atoms with E-state index in [2.05, 4.69) is 39.8 Å². The fourth-order valence-corrected chi connectivity index (χ4v) is 5.42. The first-order valence-electron chi connectivity index (χ1n) is 8.10. The van der Waals surface area contributed by atoms with Gasteiger partial charge in [0.15, 0.2) is 15.0 Å². The SMILES string of the molecule is CC(C)[S+](c1ccc(C#N)c2ccc(O)cc12)C(C)C.O=S(=O)([O-])C(F)(F)F. The molecule has 0 unspecified atom stereocenters. The van der Waals surface area contributed by atoms with E-state index in [4.69, 9.17) is 13.0 Å². The number of phenolic OH excluding ortho intramolecular Hbond substituents is 1. The van der Waals surface area contributed by atoms with E-state index in [-0.39, 0.29) is 16.6 Å². The Morgan fingerprint density at radius 3 is 1.96 bits per heavy atom. The van der Waals surface area contributed by atoms with Crippen molar-refractivity contribution in [2.75, 3.05) is 0 Å². The van der Waals surface area contributed by atoms with Gasteiger partial charge in [-0.1, -0.05) is 0 Å². The molecule has 2 rings (SSSR count). The van der Waals surface area contributed by atoms with E-state index >= 15 is 0 Å². The first-order chi connectivity index (χ1) is 12.7. The molecule has 0 atom stereocenters. The number of nitrogens with zero attached hydrogens (tertiary/aromatic N) is 1. The van der Waals surface area contributed by atoms with Gasteiger partial charge in [0.25, 0.3) is 0 Å². The lowest BCUT2D eigenvalue weighted by atomic mass is 10.1. The molecule has 0 bridgehead atoms. The van der Waals surface area contributed by atoms with Crippen LogP contribution in [-0.4, -0.2) is 34.1 Å². The predicted molar refractivity (Wildman–Crippen MR) is 102 cm³/mol. The molecule has 0 saturated carbocycles. The zero-order valence-corrected chi connectivity index (χ0v) is 17.2. The zero-order chi connectivity index (χ0) is 21.9. The molecule has 154 valence electrons. The number of nitriles is 1. The lowest BCUT2D eigenvalue weighted by molar-refractivity contribution is -0.0517. The van der Waals surface area contributed by atoms with Gasteiger partial charge in [0, 0.05) is 21.7 Å². The monoisotopic (exact) mass is 435 g/mol. The maximum Gasteiger partial charge on any atom is 0.485 e. The fourth-order valence-electron chi connectivity index (χ4n) is 2.66. The molecular formula is C18H20F3NO4S2. The number of halogens is 3. The molecule has 0 aliphatic heterocycles. The Labute approximate surface area is 164 Å². The van der Waals surface area contributed by atoms with E-state index in [1.807, 2.05) is 12.1 Å². The number of rotatable bonds is 3. The molecule has 0 spiro atoms. The molecule has 28 heavy (non-hydrogen) atoms. The number of benzene rings is 2. The van der Waals surface area contributed by atoms with Gasteiger partial charge in [0.2, 0.25) is 0 Å². The first kappa shape index (κ1) is 24.1. The van der Waals surface area contributed by atoms with E-state index in [9.17, 15) is 23.5 Å². The van der Waals surface area contributed by atoms with Crippen molar-refractivity contribution in [3.63, 3.8) is 0 Å². The second-order valence-corrected chi connectivity index (χ2v) is 10.8. The molecule has 0 aliphatic rings. The Morgan fingerprint density at radius 1 is 1.07 bits per heavy atom. The van der Waals surface area contributed by atoms with E-state index in [0.717, 1.165) is 10.8 Å². The third-order valence-electron chi connectivity index (χ3n) is 3.63. The van der Waals surface area contributed by atoms with Gasteiger partial charge in [-0.3, -0.25) is 0 Å². The summed E-state index contributed by atoms with van der Waals surface area (Å²) in [6, 6.07) is 11.5. The van der Waals surface area contributed by atoms with Crippen LogP contribution in [0.25, 0.3) is 10.8 Å². The Morgan fingerprint density at radius 2 is 1.57 bits per heavy atom. The van der Waals surface area contributed by atoms with Crippen molar-refractivity contribution in [1.29, 1.82) is 5.26 Å². The summed E-state index contributed by atoms with van der Waals surface area (Å²) in [4.78, 5) is 1.25. The zero-order valence-electron chi connectivity index (χ0n) is 15.6. The van der Waals surface area contributed by atoms with E-state index in [0.29, 0.717) is 16.1 Å². The lowest BCUT2D eigenvalue weighted by Crippen LogP contribution is -2.24. The summed E-state index contributed by atoms with van der Waals surface area (Å²) in [5, 5.41) is 22.1. The Bertz CT molecular complexity index is 973. The molecule has 2 aromatic carbocycles. The molecule has 0 aliphatic carbocycles. The molecule has 2 aromatic rings. The van der Waals surface area contributed by atoms with Crippen molar-refractivity contribution in [2.24, 2.45) is 0 Å². The van der Waals surface area contributed by atoms with Crippen LogP contribution in [0.5, 0.6) is 5.75 Å². The summed E-state index contributed by atoms with van der Waals surface area (Å²) in [7, 11) is -6.00. The average molecular weight is 435 g/mol. The number of aromatic hydroxyl groups is 1. The summed E-state index contributed by atoms with van der Waals surface area (Å²) in [5.41, 5.74) is -4.98. The van der Waals surface area contributed by atoms with Gasteiger partial charge in [-0.25, -0.2) is 8.42 Å². The molecule has 0 saturated heterocycles. The van der Waals surface area contributed by atoms with Crippen LogP contribution in [0.4, 0.5) is 13.2 Å². The second-order valence-electron chi connectivity index (χ2n) is 6.32. The number of phenols is 1. The van der Waals surface area contributed by atoms with E-state index < -0.39 is 15.6 Å². The Kier molecular flexibility index (Phi) is 7.76. The highest BCUT2D eigenvalue weighted by atomic mass is 32.2. The molecule has 0 fully saturated rings. The molecule has 1 N–H and O–H groups in total. The highest BCUT2D eigenvalue weighted by Crippen LogP contribution is 2.34. The van der Waals surface area contributed by atoms with Gasteiger partial charge in [-0.05, 0) is 58.0 Å². The number of alkyl halides is 3. The molecule has 0 amide bonds. The first-order valence-corrected chi connectivity index (χ1v) is 10.9. The minimum atomic E-state index is -6.09. The van der Waals surface area contributed by atoms with Gasteiger partial charge in [0.1, 0.15) is 16.2 Å². The predicted octanol–water partition coefficient (Wildman–Crippen LogP) is 4.26. The number of fused-ring (bicyclic) bond motifs is 1. The van der Waals surface area contributed by atoms with Gasteiger partial charge >= 0.3 is 5.51 Å². The highest BCUT2D eigenvalue weighted by molar-refractivity contribution is 7.98. The molecule has 10 heteroatoms. The van der Waals surface area contributed by atoms with Crippen LogP contribution in [0, 0.1) is 11.3 Å². The fraction of sp³-hybridized carbons (Fsp3) is 0.389. The minimum absolute atomic E-state index is 0.0951. The maximum atomic E-state index is 10.7. The van der Waals surface area contributed by atoms with Crippen LogP contribution in [0.1, 0.15) is 33.3 Å². The smallest absolute Gasteiger partial charge is 0.485 e. The third kappa shape index (κ3) is 5.77. The summed E-state index contributed by atoms with van der Waals surface area (Å²) in [5.74, 6) is 0.255. The van der Waals surface area contributed by atoms with Crippen molar-refractivity contribution in [2.45, 2.75) is 48.6 Å². The van der Waals surface area contributed by atoms with Crippen LogP contribution >= 0.6 is 0 Å². The third-order valence-corrected chi connectivity index (χ3v) is 7.10. The van der Waals surface area contributed by atoms with Crippen molar-refractivity contribution >= 4 is 31.8 Å². The minimum Gasteiger partial charge on any atom is -0.741 e. The standard InChI is InChI=1S/C17H19NOS.CHF3O3S/c1-11(2)20(12(3)4)17-8-5-13(10-18)15-7-6-14(19)9-16(15)17;2-1(3,4)8(5,6)7/h5-9,11-12H,1-4H3;(H,5,6,7). The van der Waals surface area contributed by atoms with Gasteiger partial charge in [0.05, 0.1) is 11.6 Å². The van der Waals surface area contributed by atoms with Crippen molar-refractivity contribution in [3.8, 4) is 11.8 Å². The molecular weight excluding hydrogens is 415 g/mol. The maximum absolute atomic E-state index is 10.7. The van der Waals surface area contributed by atoms with Gasteiger partial charge in [-0.2, -0.15) is 18.4 Å².